The Morgan fingerprint density at radius 3 is 2.25 bits per heavy atom. The van der Waals surface area contributed by atoms with Crippen LogP contribution in [0.1, 0.15) is 48.9 Å². The zero-order valence-electron chi connectivity index (χ0n) is 21.9. The van der Waals surface area contributed by atoms with Crippen LogP contribution in [0.15, 0.2) is 83.8 Å². The minimum absolute atomic E-state index is 0.00176. The third-order valence-electron chi connectivity index (χ3n) is 6.48. The molecule has 5 heteroatoms. The molecule has 0 aliphatic carbocycles. The molecule has 0 heterocycles. The van der Waals surface area contributed by atoms with Gasteiger partial charge in [0.1, 0.15) is 6.04 Å². The van der Waals surface area contributed by atoms with Crippen molar-refractivity contribution < 1.29 is 9.59 Å². The standard InChI is InChI=1S/C31H38N2O2S/c1-5-25(4)32-31(35)29(21-26-12-7-6-8-13-26)33(22-27-14-10-9-11-24(27)3)30(34)19-20-36-28-17-15-23(2)16-18-28/h6-18,25,29H,5,19-22H2,1-4H3,(H,32,35)/t25-,29+/m0/s1. The van der Waals surface area contributed by atoms with Crippen LogP contribution in [-0.4, -0.2) is 34.6 Å². The Bertz CT molecular complexity index is 1110. The molecule has 0 bridgehead atoms. The van der Waals surface area contributed by atoms with Gasteiger partial charge in [-0.1, -0.05) is 79.2 Å². The van der Waals surface area contributed by atoms with Crippen LogP contribution in [0.25, 0.3) is 0 Å². The highest BCUT2D eigenvalue weighted by Crippen LogP contribution is 2.22. The number of amides is 2. The minimum Gasteiger partial charge on any atom is -0.352 e. The second-order valence-electron chi connectivity index (χ2n) is 9.38. The lowest BCUT2D eigenvalue weighted by Crippen LogP contribution is -2.52. The number of thioether (sulfide) groups is 1. The number of aryl methyl sites for hydroxylation is 2. The normalized spacial score (nSPS) is 12.6. The highest BCUT2D eigenvalue weighted by molar-refractivity contribution is 7.99. The number of rotatable bonds is 12. The van der Waals surface area contributed by atoms with E-state index in [9.17, 15) is 9.59 Å². The summed E-state index contributed by atoms with van der Waals surface area (Å²) in [5, 5.41) is 3.13. The van der Waals surface area contributed by atoms with E-state index in [4.69, 9.17) is 0 Å². The first-order valence-corrected chi connectivity index (χ1v) is 13.7. The van der Waals surface area contributed by atoms with Crippen LogP contribution in [-0.2, 0) is 22.6 Å². The summed E-state index contributed by atoms with van der Waals surface area (Å²) in [4.78, 5) is 30.2. The summed E-state index contributed by atoms with van der Waals surface area (Å²) in [5.41, 5.74) is 4.44. The van der Waals surface area contributed by atoms with Crippen LogP contribution in [0.4, 0.5) is 0 Å². The van der Waals surface area contributed by atoms with Crippen LogP contribution in [0.2, 0.25) is 0 Å². The summed E-state index contributed by atoms with van der Waals surface area (Å²) in [6, 6.07) is 25.9. The van der Waals surface area contributed by atoms with Crippen LogP contribution >= 0.6 is 11.8 Å². The molecule has 0 unspecified atom stereocenters. The molecule has 190 valence electrons. The second-order valence-corrected chi connectivity index (χ2v) is 10.6. The molecule has 4 nitrogen and oxygen atoms in total. The van der Waals surface area contributed by atoms with E-state index in [0.717, 1.165) is 28.0 Å². The molecule has 1 N–H and O–H groups in total. The number of nitrogens with zero attached hydrogens (tertiary/aromatic N) is 1. The first kappa shape index (κ1) is 27.5. The zero-order chi connectivity index (χ0) is 25.9. The zero-order valence-corrected chi connectivity index (χ0v) is 22.7. The van der Waals surface area contributed by atoms with Gasteiger partial charge >= 0.3 is 0 Å². The van der Waals surface area contributed by atoms with Gasteiger partial charge in [-0.05, 0) is 56.0 Å². The quantitative estimate of drug-likeness (QED) is 0.294. The summed E-state index contributed by atoms with van der Waals surface area (Å²) in [7, 11) is 0. The Labute approximate surface area is 220 Å². The Kier molecular flexibility index (Phi) is 10.6. The second kappa shape index (κ2) is 13.9. The van der Waals surface area contributed by atoms with Gasteiger partial charge in [-0.15, -0.1) is 11.8 Å². The Hall–Kier alpha value is -3.05. The third-order valence-corrected chi connectivity index (χ3v) is 7.49. The van der Waals surface area contributed by atoms with Crippen molar-refractivity contribution in [3.8, 4) is 0 Å². The van der Waals surface area contributed by atoms with Crippen molar-refractivity contribution in [3.05, 3.63) is 101 Å². The summed E-state index contributed by atoms with van der Waals surface area (Å²) in [6.45, 7) is 8.58. The van der Waals surface area contributed by atoms with E-state index in [2.05, 4.69) is 56.4 Å². The smallest absolute Gasteiger partial charge is 0.243 e. The largest absolute Gasteiger partial charge is 0.352 e. The van der Waals surface area contributed by atoms with Gasteiger partial charge in [-0.3, -0.25) is 9.59 Å². The van der Waals surface area contributed by atoms with E-state index in [1.807, 2.05) is 55.5 Å². The molecule has 3 aromatic carbocycles. The molecule has 3 aromatic rings. The van der Waals surface area contributed by atoms with Gasteiger partial charge in [0.05, 0.1) is 0 Å². The van der Waals surface area contributed by atoms with Crippen molar-refractivity contribution in [2.45, 2.75) is 70.5 Å². The lowest BCUT2D eigenvalue weighted by atomic mass is 10.0. The maximum Gasteiger partial charge on any atom is 0.243 e. The molecule has 0 aliphatic heterocycles. The van der Waals surface area contributed by atoms with E-state index in [0.29, 0.717) is 25.1 Å². The molecule has 0 saturated heterocycles. The predicted molar refractivity (Wildman–Crippen MR) is 150 cm³/mol. The van der Waals surface area contributed by atoms with Crippen molar-refractivity contribution in [2.24, 2.45) is 0 Å². The summed E-state index contributed by atoms with van der Waals surface area (Å²) in [5.74, 6) is 0.566. The number of benzene rings is 3. The molecular weight excluding hydrogens is 464 g/mol. The van der Waals surface area contributed by atoms with Crippen molar-refractivity contribution in [1.82, 2.24) is 10.2 Å². The van der Waals surface area contributed by atoms with Crippen LogP contribution in [0.5, 0.6) is 0 Å². The monoisotopic (exact) mass is 502 g/mol. The van der Waals surface area contributed by atoms with E-state index < -0.39 is 6.04 Å². The van der Waals surface area contributed by atoms with Crippen molar-refractivity contribution >= 4 is 23.6 Å². The molecule has 0 saturated carbocycles. The van der Waals surface area contributed by atoms with E-state index in [1.54, 1.807) is 16.7 Å². The van der Waals surface area contributed by atoms with Gasteiger partial charge in [0, 0.05) is 36.1 Å². The maximum absolute atomic E-state index is 13.7. The molecule has 2 atom stereocenters. The van der Waals surface area contributed by atoms with Crippen molar-refractivity contribution in [2.75, 3.05) is 5.75 Å². The SMILES string of the molecule is CC[C@H](C)NC(=O)[C@@H](Cc1ccccc1)N(Cc1ccccc1C)C(=O)CCSc1ccc(C)cc1. The lowest BCUT2D eigenvalue weighted by molar-refractivity contribution is -0.141. The highest BCUT2D eigenvalue weighted by Gasteiger charge is 2.31. The molecule has 0 aliphatic rings. The van der Waals surface area contributed by atoms with E-state index in [-0.39, 0.29) is 17.9 Å². The topological polar surface area (TPSA) is 49.4 Å². The number of hydrogen-bond donors (Lipinski definition) is 1. The van der Waals surface area contributed by atoms with Crippen LogP contribution in [0.3, 0.4) is 0 Å². The molecule has 3 rings (SSSR count). The molecule has 36 heavy (non-hydrogen) atoms. The third kappa shape index (κ3) is 8.27. The van der Waals surface area contributed by atoms with Crippen molar-refractivity contribution in [3.63, 3.8) is 0 Å². The average molecular weight is 503 g/mol. The van der Waals surface area contributed by atoms with E-state index in [1.165, 1.54) is 5.56 Å². The number of carbonyl (C=O) groups excluding carboxylic acids is 2. The minimum atomic E-state index is -0.585. The molecule has 0 fully saturated rings. The maximum atomic E-state index is 13.7. The lowest BCUT2D eigenvalue weighted by Gasteiger charge is -2.32. The van der Waals surface area contributed by atoms with Gasteiger partial charge in [0.2, 0.25) is 11.8 Å². The Morgan fingerprint density at radius 1 is 0.917 bits per heavy atom. The fourth-order valence-electron chi connectivity index (χ4n) is 4.00. The van der Waals surface area contributed by atoms with E-state index >= 15 is 0 Å². The van der Waals surface area contributed by atoms with Gasteiger partial charge in [0.15, 0.2) is 0 Å². The van der Waals surface area contributed by atoms with Crippen LogP contribution in [0, 0.1) is 13.8 Å². The number of carbonyl (C=O) groups is 2. The van der Waals surface area contributed by atoms with Gasteiger partial charge in [-0.25, -0.2) is 0 Å². The Morgan fingerprint density at radius 2 is 1.58 bits per heavy atom. The average Bonchev–Trinajstić information content (AvgIpc) is 2.88. The summed E-state index contributed by atoms with van der Waals surface area (Å²) < 4.78 is 0. The predicted octanol–water partition coefficient (Wildman–Crippen LogP) is 6.34. The molecule has 0 radical (unpaired) electrons. The summed E-state index contributed by atoms with van der Waals surface area (Å²) in [6.07, 6.45) is 1.68. The molecule has 0 spiro atoms. The highest BCUT2D eigenvalue weighted by atomic mass is 32.2. The van der Waals surface area contributed by atoms with Gasteiger partial charge in [0.25, 0.3) is 0 Å². The number of nitrogens with one attached hydrogen (secondary N) is 1. The first-order chi connectivity index (χ1) is 17.4. The first-order valence-electron chi connectivity index (χ1n) is 12.7. The number of hydrogen-bond acceptors (Lipinski definition) is 3. The van der Waals surface area contributed by atoms with Crippen molar-refractivity contribution in [1.29, 1.82) is 0 Å². The van der Waals surface area contributed by atoms with Gasteiger partial charge in [-0.2, -0.15) is 0 Å². The Balaban J connectivity index is 1.86. The van der Waals surface area contributed by atoms with Gasteiger partial charge < -0.3 is 10.2 Å². The molecular formula is C31H38N2O2S. The fourth-order valence-corrected chi connectivity index (χ4v) is 4.84. The molecule has 2 amide bonds. The fraction of sp³-hybridized carbons (Fsp3) is 0.355. The summed E-state index contributed by atoms with van der Waals surface area (Å²) >= 11 is 1.67. The molecule has 0 aromatic heterocycles. The van der Waals surface area contributed by atoms with Crippen LogP contribution < -0.4 is 5.32 Å².